The number of carbonyl (C=O) groups excluding carboxylic acids is 1. The molecule has 1 aliphatic heterocycles. The van der Waals surface area contributed by atoms with Gasteiger partial charge in [-0.15, -0.1) is 11.3 Å². The number of nitrogens with zero attached hydrogens (tertiary/aromatic N) is 2. The summed E-state index contributed by atoms with van der Waals surface area (Å²) in [5, 5.41) is 4.33. The molecule has 6 heteroatoms. The Balaban J connectivity index is 1.56. The van der Waals surface area contributed by atoms with Crippen LogP contribution in [0, 0.1) is 5.92 Å². The number of para-hydroxylation sites is 1. The van der Waals surface area contributed by atoms with Crippen LogP contribution in [0.1, 0.15) is 31.7 Å². The predicted octanol–water partition coefficient (Wildman–Crippen LogP) is 3.05. The van der Waals surface area contributed by atoms with E-state index in [4.69, 9.17) is 9.72 Å². The Bertz CT molecular complexity index is 670. The molecule has 1 aromatic carbocycles. The number of piperidine rings is 1. The molecule has 0 radical (unpaired) electrons. The quantitative estimate of drug-likeness (QED) is 0.823. The number of rotatable bonds is 7. The van der Waals surface area contributed by atoms with Crippen molar-refractivity contribution in [2.45, 2.75) is 39.3 Å². The van der Waals surface area contributed by atoms with E-state index in [1.165, 1.54) is 9.71 Å². The van der Waals surface area contributed by atoms with Crippen molar-refractivity contribution in [1.29, 1.82) is 0 Å². The van der Waals surface area contributed by atoms with E-state index in [9.17, 15) is 4.79 Å². The number of amides is 1. The molecular weight excluding hydrogens is 334 g/mol. The van der Waals surface area contributed by atoms with Gasteiger partial charge in [-0.05, 0) is 31.4 Å². The van der Waals surface area contributed by atoms with Gasteiger partial charge >= 0.3 is 0 Å². The fourth-order valence-corrected chi connectivity index (χ4v) is 4.49. The molecule has 25 heavy (non-hydrogen) atoms. The molecule has 1 saturated heterocycles. The lowest BCUT2D eigenvalue weighted by Gasteiger charge is -2.38. The van der Waals surface area contributed by atoms with Crippen LogP contribution in [0.5, 0.6) is 0 Å². The highest BCUT2D eigenvalue weighted by Gasteiger charge is 2.29. The number of aromatic nitrogens is 1. The monoisotopic (exact) mass is 361 g/mol. The minimum absolute atomic E-state index is 0.00456. The lowest BCUT2D eigenvalue weighted by atomic mass is 9.90. The Morgan fingerprint density at radius 1 is 1.40 bits per heavy atom. The van der Waals surface area contributed by atoms with E-state index in [1.54, 1.807) is 11.3 Å². The number of carbonyl (C=O) groups is 1. The van der Waals surface area contributed by atoms with Crippen molar-refractivity contribution in [2.24, 2.45) is 5.92 Å². The maximum Gasteiger partial charge on any atom is 0.246 e. The Morgan fingerprint density at radius 3 is 3.00 bits per heavy atom. The zero-order valence-electron chi connectivity index (χ0n) is 15.0. The third kappa shape index (κ3) is 4.77. The standard InChI is InChI=1S/C19H27N3O2S/c1-3-14-11-22(10-9-15(14)20-18(23)13-24-4-2)12-19-21-16-7-5-6-8-17(16)25-19/h5-8,14-15H,3-4,9-13H2,1-2H3,(H,20,23)/t14-,15+/m1/s1. The highest BCUT2D eigenvalue weighted by atomic mass is 32.1. The predicted molar refractivity (Wildman–Crippen MR) is 102 cm³/mol. The first kappa shape index (κ1) is 18.3. The molecule has 3 rings (SSSR count). The summed E-state index contributed by atoms with van der Waals surface area (Å²) in [6.07, 6.45) is 2.05. The van der Waals surface area contributed by atoms with E-state index in [1.807, 2.05) is 13.0 Å². The van der Waals surface area contributed by atoms with Crippen molar-refractivity contribution in [3.63, 3.8) is 0 Å². The van der Waals surface area contributed by atoms with E-state index < -0.39 is 0 Å². The molecule has 2 atom stereocenters. The van der Waals surface area contributed by atoms with E-state index >= 15 is 0 Å². The Labute approximate surface area is 153 Å². The summed E-state index contributed by atoms with van der Waals surface area (Å²) in [5.41, 5.74) is 1.09. The number of benzene rings is 1. The molecule has 2 heterocycles. The minimum Gasteiger partial charge on any atom is -0.372 e. The van der Waals surface area contributed by atoms with Gasteiger partial charge in [-0.3, -0.25) is 9.69 Å². The molecule has 1 aromatic heterocycles. The van der Waals surface area contributed by atoms with Gasteiger partial charge in [0.05, 0.1) is 16.8 Å². The molecule has 0 saturated carbocycles. The number of nitrogens with one attached hydrogen (secondary N) is 1. The van der Waals surface area contributed by atoms with Crippen molar-refractivity contribution in [3.8, 4) is 0 Å². The zero-order chi connectivity index (χ0) is 17.6. The van der Waals surface area contributed by atoms with E-state index in [-0.39, 0.29) is 18.6 Å². The minimum atomic E-state index is 0.00456. The molecule has 136 valence electrons. The van der Waals surface area contributed by atoms with Crippen LogP contribution in [0.4, 0.5) is 0 Å². The van der Waals surface area contributed by atoms with Gasteiger partial charge in [0.25, 0.3) is 0 Å². The second-order valence-electron chi connectivity index (χ2n) is 6.58. The van der Waals surface area contributed by atoms with Crippen LogP contribution in [0.3, 0.4) is 0 Å². The first-order chi connectivity index (χ1) is 12.2. The highest BCUT2D eigenvalue weighted by Crippen LogP contribution is 2.26. The fourth-order valence-electron chi connectivity index (χ4n) is 3.48. The summed E-state index contributed by atoms with van der Waals surface area (Å²) >= 11 is 1.78. The topological polar surface area (TPSA) is 54.5 Å². The van der Waals surface area contributed by atoms with E-state index in [0.717, 1.165) is 38.0 Å². The normalized spacial score (nSPS) is 21.5. The largest absolute Gasteiger partial charge is 0.372 e. The molecule has 1 amide bonds. The molecule has 0 bridgehead atoms. The van der Waals surface area contributed by atoms with Crippen molar-refractivity contribution >= 4 is 27.5 Å². The molecule has 2 aromatic rings. The maximum absolute atomic E-state index is 11.9. The second kappa shape index (κ2) is 8.74. The summed E-state index contributed by atoms with van der Waals surface area (Å²) in [6, 6.07) is 8.56. The molecule has 0 spiro atoms. The number of hydrogen-bond donors (Lipinski definition) is 1. The van der Waals surface area contributed by atoms with Crippen LogP contribution >= 0.6 is 11.3 Å². The lowest BCUT2D eigenvalue weighted by Crippen LogP contribution is -2.51. The van der Waals surface area contributed by atoms with Gasteiger partial charge in [-0.2, -0.15) is 0 Å². The summed E-state index contributed by atoms with van der Waals surface area (Å²) in [4.78, 5) is 19.2. The average molecular weight is 362 g/mol. The number of fused-ring (bicyclic) bond motifs is 1. The van der Waals surface area contributed by atoms with Crippen LogP contribution in [-0.2, 0) is 16.1 Å². The third-order valence-corrected chi connectivity index (χ3v) is 5.84. The van der Waals surface area contributed by atoms with E-state index in [0.29, 0.717) is 12.5 Å². The smallest absolute Gasteiger partial charge is 0.246 e. The number of likely N-dealkylation sites (tertiary alicyclic amines) is 1. The van der Waals surface area contributed by atoms with Crippen molar-refractivity contribution in [2.75, 3.05) is 26.3 Å². The first-order valence-electron chi connectivity index (χ1n) is 9.13. The van der Waals surface area contributed by atoms with Gasteiger partial charge in [0.2, 0.25) is 5.91 Å². The number of ether oxygens (including phenoxy) is 1. The van der Waals surface area contributed by atoms with Crippen LogP contribution in [-0.4, -0.2) is 48.1 Å². The Morgan fingerprint density at radius 2 is 2.24 bits per heavy atom. The number of thiazole rings is 1. The second-order valence-corrected chi connectivity index (χ2v) is 7.69. The molecule has 1 aliphatic rings. The van der Waals surface area contributed by atoms with Gasteiger partial charge in [0, 0.05) is 25.7 Å². The van der Waals surface area contributed by atoms with Crippen molar-refractivity contribution in [3.05, 3.63) is 29.3 Å². The average Bonchev–Trinajstić information content (AvgIpc) is 3.03. The molecule has 0 unspecified atom stereocenters. The van der Waals surface area contributed by atoms with Gasteiger partial charge < -0.3 is 10.1 Å². The van der Waals surface area contributed by atoms with Crippen LogP contribution in [0.25, 0.3) is 10.2 Å². The van der Waals surface area contributed by atoms with Gasteiger partial charge in [0.15, 0.2) is 0 Å². The van der Waals surface area contributed by atoms with Gasteiger partial charge in [-0.25, -0.2) is 4.98 Å². The Hall–Kier alpha value is -1.50. The summed E-state index contributed by atoms with van der Waals surface area (Å²) in [5.74, 6) is 0.485. The molecule has 1 N–H and O–H groups in total. The summed E-state index contributed by atoms with van der Waals surface area (Å²) < 4.78 is 6.46. The van der Waals surface area contributed by atoms with Gasteiger partial charge in [-0.1, -0.05) is 25.5 Å². The first-order valence-corrected chi connectivity index (χ1v) is 9.95. The number of hydrogen-bond acceptors (Lipinski definition) is 5. The molecular formula is C19H27N3O2S. The third-order valence-electron chi connectivity index (χ3n) is 4.82. The van der Waals surface area contributed by atoms with E-state index in [2.05, 4.69) is 35.3 Å². The SMILES string of the molecule is CCOCC(=O)N[C@H]1CCN(Cc2nc3ccccc3s2)C[C@H]1CC. The maximum atomic E-state index is 11.9. The summed E-state index contributed by atoms with van der Waals surface area (Å²) in [7, 11) is 0. The molecule has 1 fully saturated rings. The molecule has 0 aliphatic carbocycles. The van der Waals surface area contributed by atoms with Crippen LogP contribution in [0.2, 0.25) is 0 Å². The summed E-state index contributed by atoms with van der Waals surface area (Å²) in [6.45, 7) is 7.74. The van der Waals surface area contributed by atoms with Crippen LogP contribution in [0.15, 0.2) is 24.3 Å². The Kier molecular flexibility index (Phi) is 6.39. The van der Waals surface area contributed by atoms with Crippen molar-refractivity contribution in [1.82, 2.24) is 15.2 Å². The van der Waals surface area contributed by atoms with Gasteiger partial charge in [0.1, 0.15) is 11.6 Å². The lowest BCUT2D eigenvalue weighted by molar-refractivity contribution is -0.127. The molecule has 5 nitrogen and oxygen atoms in total. The van der Waals surface area contributed by atoms with Crippen molar-refractivity contribution < 1.29 is 9.53 Å². The van der Waals surface area contributed by atoms with Crippen LogP contribution < -0.4 is 5.32 Å². The highest BCUT2D eigenvalue weighted by molar-refractivity contribution is 7.18. The zero-order valence-corrected chi connectivity index (χ0v) is 15.8. The fraction of sp³-hybridized carbons (Fsp3) is 0.579.